The fourth-order valence-corrected chi connectivity index (χ4v) is 3.02. The Hall–Kier alpha value is -3.42. The summed E-state index contributed by atoms with van der Waals surface area (Å²) in [6, 6.07) is 11.7. The number of hydrogen-bond donors (Lipinski definition) is 1. The molecular weight excluding hydrogens is 347 g/mol. The van der Waals surface area contributed by atoms with Gasteiger partial charge in [-0.3, -0.25) is 0 Å². The minimum atomic E-state index is -0.246. The van der Waals surface area contributed by atoms with Gasteiger partial charge in [0.2, 0.25) is 0 Å². The van der Waals surface area contributed by atoms with Crippen LogP contribution in [-0.4, -0.2) is 51.9 Å². The molecule has 0 aliphatic carbocycles. The topological polar surface area (TPSA) is 66.3 Å². The molecule has 1 N–H and O–H groups in total. The third-order valence-corrected chi connectivity index (χ3v) is 4.50. The van der Waals surface area contributed by atoms with Crippen molar-refractivity contribution in [2.75, 3.05) is 36.4 Å². The van der Waals surface area contributed by atoms with Gasteiger partial charge in [0.15, 0.2) is 5.82 Å². The highest BCUT2D eigenvalue weighted by molar-refractivity contribution is 5.89. The Kier molecular flexibility index (Phi) is 4.69. The van der Waals surface area contributed by atoms with Crippen molar-refractivity contribution in [3.8, 4) is 5.82 Å². The second kappa shape index (κ2) is 7.45. The van der Waals surface area contributed by atoms with Gasteiger partial charge in [-0.25, -0.2) is 18.9 Å². The largest absolute Gasteiger partial charge is 0.368 e. The number of carbonyl (C=O) groups is 1. The Balaban J connectivity index is 1.32. The lowest BCUT2D eigenvalue weighted by molar-refractivity contribution is 0.208. The average molecular weight is 366 g/mol. The molecule has 0 saturated carbocycles. The number of pyridine rings is 1. The standard InChI is InChI=1S/C19H19FN6O/c20-15-2-5-17(6-3-15)24-10-12-25(13-11-24)19(27)23-16-4-7-18(21-14-16)26-9-1-8-22-26/h1-9,14H,10-13H2,(H,23,27). The number of benzene rings is 1. The predicted octanol–water partition coefficient (Wildman–Crippen LogP) is 2.76. The molecule has 2 aromatic heterocycles. The zero-order valence-electron chi connectivity index (χ0n) is 14.6. The van der Waals surface area contributed by atoms with Gasteiger partial charge in [0, 0.05) is 44.3 Å². The molecule has 4 rings (SSSR count). The summed E-state index contributed by atoms with van der Waals surface area (Å²) < 4.78 is 14.7. The first-order valence-electron chi connectivity index (χ1n) is 8.71. The molecule has 0 atom stereocenters. The predicted molar refractivity (Wildman–Crippen MR) is 101 cm³/mol. The highest BCUT2D eigenvalue weighted by Gasteiger charge is 2.21. The van der Waals surface area contributed by atoms with Gasteiger partial charge in [0.05, 0.1) is 11.9 Å². The first kappa shape index (κ1) is 17.0. The molecule has 7 nitrogen and oxygen atoms in total. The van der Waals surface area contributed by atoms with Crippen LogP contribution in [0.3, 0.4) is 0 Å². The third kappa shape index (κ3) is 3.89. The Morgan fingerprint density at radius 3 is 2.44 bits per heavy atom. The van der Waals surface area contributed by atoms with E-state index in [1.165, 1.54) is 12.1 Å². The van der Waals surface area contributed by atoms with Crippen LogP contribution in [0, 0.1) is 5.82 Å². The summed E-state index contributed by atoms with van der Waals surface area (Å²) in [4.78, 5) is 20.7. The van der Waals surface area contributed by atoms with E-state index in [0.717, 1.165) is 5.69 Å². The fourth-order valence-electron chi connectivity index (χ4n) is 3.02. The molecule has 0 radical (unpaired) electrons. The summed E-state index contributed by atoms with van der Waals surface area (Å²) in [5.74, 6) is 0.440. The van der Waals surface area contributed by atoms with Gasteiger partial charge in [0.1, 0.15) is 5.82 Å². The maximum atomic E-state index is 13.0. The van der Waals surface area contributed by atoms with Gasteiger partial charge in [0.25, 0.3) is 0 Å². The van der Waals surface area contributed by atoms with Gasteiger partial charge in [-0.15, -0.1) is 0 Å². The second-order valence-electron chi connectivity index (χ2n) is 6.24. The molecule has 3 heterocycles. The summed E-state index contributed by atoms with van der Waals surface area (Å²) in [7, 11) is 0. The molecule has 8 heteroatoms. The second-order valence-corrected chi connectivity index (χ2v) is 6.24. The zero-order valence-corrected chi connectivity index (χ0v) is 14.6. The molecule has 3 aromatic rings. The molecule has 1 aromatic carbocycles. The molecule has 1 fully saturated rings. The van der Waals surface area contributed by atoms with Crippen LogP contribution >= 0.6 is 0 Å². The Bertz CT molecular complexity index is 887. The number of rotatable bonds is 3. The monoisotopic (exact) mass is 366 g/mol. The first-order valence-corrected chi connectivity index (χ1v) is 8.71. The third-order valence-electron chi connectivity index (χ3n) is 4.50. The molecule has 0 bridgehead atoms. The highest BCUT2D eigenvalue weighted by atomic mass is 19.1. The van der Waals surface area contributed by atoms with Crippen LogP contribution in [0.15, 0.2) is 61.1 Å². The van der Waals surface area contributed by atoms with Crippen molar-refractivity contribution in [2.45, 2.75) is 0 Å². The highest BCUT2D eigenvalue weighted by Crippen LogP contribution is 2.17. The quantitative estimate of drug-likeness (QED) is 0.774. The van der Waals surface area contributed by atoms with Crippen molar-refractivity contribution in [1.29, 1.82) is 0 Å². The van der Waals surface area contributed by atoms with Crippen LogP contribution in [0.4, 0.5) is 20.6 Å². The van der Waals surface area contributed by atoms with Crippen molar-refractivity contribution >= 4 is 17.4 Å². The van der Waals surface area contributed by atoms with Gasteiger partial charge >= 0.3 is 6.03 Å². The lowest BCUT2D eigenvalue weighted by atomic mass is 10.2. The summed E-state index contributed by atoms with van der Waals surface area (Å²) in [5.41, 5.74) is 1.60. The van der Waals surface area contributed by atoms with E-state index in [1.807, 2.05) is 6.07 Å². The Morgan fingerprint density at radius 1 is 1.04 bits per heavy atom. The summed E-state index contributed by atoms with van der Waals surface area (Å²) in [5, 5.41) is 6.99. The number of nitrogens with one attached hydrogen (secondary N) is 1. The number of nitrogens with zero attached hydrogens (tertiary/aromatic N) is 5. The van der Waals surface area contributed by atoms with E-state index in [2.05, 4.69) is 20.3 Å². The van der Waals surface area contributed by atoms with Crippen molar-refractivity contribution in [1.82, 2.24) is 19.7 Å². The molecule has 2 amide bonds. The van der Waals surface area contributed by atoms with Crippen LogP contribution < -0.4 is 10.2 Å². The molecule has 1 aliphatic rings. The van der Waals surface area contributed by atoms with E-state index in [9.17, 15) is 9.18 Å². The van der Waals surface area contributed by atoms with E-state index in [1.54, 1.807) is 52.4 Å². The van der Waals surface area contributed by atoms with Gasteiger partial charge in [-0.1, -0.05) is 0 Å². The van der Waals surface area contributed by atoms with Crippen LogP contribution in [0.25, 0.3) is 5.82 Å². The maximum absolute atomic E-state index is 13.0. The summed E-state index contributed by atoms with van der Waals surface area (Å²) in [6.07, 6.45) is 5.10. The molecule has 27 heavy (non-hydrogen) atoms. The average Bonchev–Trinajstić information content (AvgIpc) is 3.24. The van der Waals surface area contributed by atoms with Crippen molar-refractivity contribution in [2.24, 2.45) is 0 Å². The Labute approximate surface area is 156 Å². The van der Waals surface area contributed by atoms with Crippen LogP contribution in [0.1, 0.15) is 0 Å². The van der Waals surface area contributed by atoms with E-state index >= 15 is 0 Å². The molecule has 0 spiro atoms. The van der Waals surface area contributed by atoms with Crippen LogP contribution in [0.5, 0.6) is 0 Å². The minimum absolute atomic E-state index is 0.151. The molecule has 0 unspecified atom stereocenters. The Morgan fingerprint density at radius 2 is 1.81 bits per heavy atom. The SMILES string of the molecule is O=C(Nc1ccc(-n2cccn2)nc1)N1CCN(c2ccc(F)cc2)CC1. The lowest BCUT2D eigenvalue weighted by Crippen LogP contribution is -2.50. The maximum Gasteiger partial charge on any atom is 0.322 e. The first-order chi connectivity index (χ1) is 13.2. The zero-order chi connectivity index (χ0) is 18.6. The minimum Gasteiger partial charge on any atom is -0.368 e. The number of aromatic nitrogens is 3. The lowest BCUT2D eigenvalue weighted by Gasteiger charge is -2.36. The van der Waals surface area contributed by atoms with Crippen molar-refractivity contribution in [3.05, 3.63) is 66.9 Å². The van der Waals surface area contributed by atoms with E-state index in [0.29, 0.717) is 37.7 Å². The van der Waals surface area contributed by atoms with Crippen LogP contribution in [0.2, 0.25) is 0 Å². The number of halogens is 1. The number of amides is 2. The van der Waals surface area contributed by atoms with E-state index in [4.69, 9.17) is 0 Å². The molecule has 138 valence electrons. The van der Waals surface area contributed by atoms with Crippen LogP contribution in [-0.2, 0) is 0 Å². The van der Waals surface area contributed by atoms with E-state index < -0.39 is 0 Å². The summed E-state index contributed by atoms with van der Waals surface area (Å²) >= 11 is 0. The molecule has 1 aliphatic heterocycles. The molecule has 1 saturated heterocycles. The number of hydrogen-bond acceptors (Lipinski definition) is 4. The van der Waals surface area contributed by atoms with Gasteiger partial charge < -0.3 is 15.1 Å². The van der Waals surface area contributed by atoms with Crippen molar-refractivity contribution < 1.29 is 9.18 Å². The summed E-state index contributed by atoms with van der Waals surface area (Å²) in [6.45, 7) is 2.61. The van der Waals surface area contributed by atoms with Gasteiger partial charge in [-0.2, -0.15) is 5.10 Å². The smallest absolute Gasteiger partial charge is 0.322 e. The number of carbonyl (C=O) groups excluding carboxylic acids is 1. The van der Waals surface area contributed by atoms with Gasteiger partial charge in [-0.05, 0) is 42.5 Å². The normalized spacial score (nSPS) is 14.3. The number of piperazine rings is 1. The molecular formula is C19H19FN6O. The fraction of sp³-hybridized carbons (Fsp3) is 0.211. The number of anilines is 2. The van der Waals surface area contributed by atoms with E-state index in [-0.39, 0.29) is 11.8 Å². The van der Waals surface area contributed by atoms with Crippen molar-refractivity contribution in [3.63, 3.8) is 0 Å². The number of urea groups is 1.